The third kappa shape index (κ3) is 2.89. The Balaban J connectivity index is 1.75. The monoisotopic (exact) mass is 347 g/mol. The Morgan fingerprint density at radius 3 is 3.00 bits per heavy atom. The minimum absolute atomic E-state index is 0.284. The van der Waals surface area contributed by atoms with E-state index >= 15 is 0 Å². The number of halogens is 1. The summed E-state index contributed by atoms with van der Waals surface area (Å²) < 4.78 is 6.33. The summed E-state index contributed by atoms with van der Waals surface area (Å²) in [5.41, 5.74) is 2.39. The summed E-state index contributed by atoms with van der Waals surface area (Å²) in [5.74, 6) is -0.321. The highest BCUT2D eigenvalue weighted by atomic mass is 79.9. The van der Waals surface area contributed by atoms with Crippen molar-refractivity contribution in [2.75, 3.05) is 0 Å². The molecule has 0 N–H and O–H groups in total. The quantitative estimate of drug-likeness (QED) is 0.658. The van der Waals surface area contributed by atoms with Gasteiger partial charge in [0.25, 0.3) is 0 Å². The number of benzene rings is 1. The van der Waals surface area contributed by atoms with Crippen molar-refractivity contribution in [3.63, 3.8) is 0 Å². The number of fused-ring (bicyclic) bond motifs is 1. The summed E-state index contributed by atoms with van der Waals surface area (Å²) >= 11 is 4.95. The molecule has 0 amide bonds. The van der Waals surface area contributed by atoms with Crippen molar-refractivity contribution in [2.45, 2.75) is 6.61 Å². The molecule has 0 aliphatic rings. The van der Waals surface area contributed by atoms with Crippen molar-refractivity contribution < 1.29 is 9.53 Å². The number of carbonyl (C=O) groups is 1. The number of pyridine rings is 1. The van der Waals surface area contributed by atoms with Gasteiger partial charge in [-0.3, -0.25) is 4.98 Å². The van der Waals surface area contributed by atoms with E-state index in [0.717, 1.165) is 20.3 Å². The molecular weight excluding hydrogens is 338 g/mol. The molecular formula is C15H10BrNO2S. The van der Waals surface area contributed by atoms with Crippen LogP contribution >= 0.6 is 27.3 Å². The molecule has 0 saturated carbocycles. The first-order chi connectivity index (χ1) is 9.72. The highest BCUT2D eigenvalue weighted by Gasteiger charge is 2.09. The van der Waals surface area contributed by atoms with E-state index in [4.69, 9.17) is 4.74 Å². The number of ether oxygens (including phenoxy) is 1. The van der Waals surface area contributed by atoms with Crippen molar-refractivity contribution in [1.82, 2.24) is 4.98 Å². The number of hydrogen-bond donors (Lipinski definition) is 0. The van der Waals surface area contributed by atoms with Crippen LogP contribution < -0.4 is 0 Å². The predicted octanol–water partition coefficient (Wildman–Crippen LogP) is 4.42. The summed E-state index contributed by atoms with van der Waals surface area (Å²) in [6, 6.07) is 11.1. The van der Waals surface area contributed by atoms with Crippen molar-refractivity contribution in [3.8, 4) is 0 Å². The molecule has 3 aromatic rings. The molecule has 0 bridgehead atoms. The van der Waals surface area contributed by atoms with E-state index < -0.39 is 0 Å². The molecule has 0 aliphatic carbocycles. The first-order valence-electron chi connectivity index (χ1n) is 5.97. The van der Waals surface area contributed by atoms with Crippen LogP contribution in [0.25, 0.3) is 10.9 Å². The number of hydrogen-bond acceptors (Lipinski definition) is 4. The highest BCUT2D eigenvalue weighted by molar-refractivity contribution is 9.11. The van der Waals surface area contributed by atoms with Gasteiger partial charge in [0.1, 0.15) is 6.61 Å². The number of nitrogens with zero attached hydrogens (tertiary/aromatic N) is 1. The number of carbonyl (C=O) groups excluding carboxylic acids is 1. The average molecular weight is 348 g/mol. The first kappa shape index (κ1) is 13.3. The van der Waals surface area contributed by atoms with Crippen molar-refractivity contribution in [3.05, 3.63) is 62.9 Å². The lowest BCUT2D eigenvalue weighted by molar-refractivity contribution is 0.0473. The smallest absolute Gasteiger partial charge is 0.338 e. The van der Waals surface area contributed by atoms with Crippen LogP contribution in [-0.2, 0) is 11.3 Å². The van der Waals surface area contributed by atoms with Crippen molar-refractivity contribution >= 4 is 44.1 Å². The average Bonchev–Trinajstić information content (AvgIpc) is 2.90. The topological polar surface area (TPSA) is 39.2 Å². The maximum absolute atomic E-state index is 12.0. The van der Waals surface area contributed by atoms with Gasteiger partial charge < -0.3 is 4.74 Å². The van der Waals surface area contributed by atoms with Gasteiger partial charge in [-0.25, -0.2) is 4.79 Å². The van der Waals surface area contributed by atoms with E-state index in [1.165, 1.54) is 0 Å². The van der Waals surface area contributed by atoms with E-state index in [2.05, 4.69) is 20.9 Å². The van der Waals surface area contributed by atoms with Crippen LogP contribution in [0.2, 0.25) is 0 Å². The largest absolute Gasteiger partial charge is 0.457 e. The maximum Gasteiger partial charge on any atom is 0.338 e. The van der Waals surface area contributed by atoms with Gasteiger partial charge in [0.2, 0.25) is 0 Å². The lowest BCUT2D eigenvalue weighted by atomic mass is 10.1. The van der Waals surface area contributed by atoms with Gasteiger partial charge in [-0.15, -0.1) is 11.3 Å². The SMILES string of the molecule is O=C(OCc1csc(Br)c1)c1ccc2ncccc2c1. The molecule has 2 heterocycles. The third-order valence-electron chi connectivity index (χ3n) is 2.83. The third-order valence-corrected chi connectivity index (χ3v) is 4.38. The Kier molecular flexibility index (Phi) is 3.80. The Morgan fingerprint density at radius 2 is 2.20 bits per heavy atom. The zero-order valence-corrected chi connectivity index (χ0v) is 12.8. The fourth-order valence-electron chi connectivity index (χ4n) is 1.86. The fourth-order valence-corrected chi connectivity index (χ4v) is 3.05. The summed E-state index contributed by atoms with van der Waals surface area (Å²) in [5, 5.41) is 2.89. The van der Waals surface area contributed by atoms with Gasteiger partial charge in [-0.05, 0) is 51.6 Å². The summed E-state index contributed by atoms with van der Waals surface area (Å²) in [6.07, 6.45) is 1.73. The van der Waals surface area contributed by atoms with Crippen molar-refractivity contribution in [1.29, 1.82) is 0 Å². The van der Waals surface area contributed by atoms with E-state index in [1.54, 1.807) is 29.7 Å². The molecule has 0 radical (unpaired) electrons. The Morgan fingerprint density at radius 1 is 1.30 bits per heavy atom. The highest BCUT2D eigenvalue weighted by Crippen LogP contribution is 2.21. The molecule has 1 aromatic carbocycles. The van der Waals surface area contributed by atoms with Gasteiger partial charge in [0, 0.05) is 17.1 Å². The van der Waals surface area contributed by atoms with E-state index in [1.807, 2.05) is 29.6 Å². The predicted molar refractivity (Wildman–Crippen MR) is 82.9 cm³/mol. The lowest BCUT2D eigenvalue weighted by Crippen LogP contribution is -2.04. The molecule has 2 aromatic heterocycles. The molecule has 3 nitrogen and oxygen atoms in total. The molecule has 100 valence electrons. The Labute approximate surface area is 128 Å². The van der Waals surface area contributed by atoms with Gasteiger partial charge in [0.05, 0.1) is 14.9 Å². The molecule has 0 aliphatic heterocycles. The second-order valence-corrected chi connectivity index (χ2v) is 6.54. The summed E-state index contributed by atoms with van der Waals surface area (Å²) in [6.45, 7) is 0.284. The van der Waals surface area contributed by atoms with Gasteiger partial charge in [-0.1, -0.05) is 6.07 Å². The van der Waals surface area contributed by atoms with Crippen LogP contribution in [0.1, 0.15) is 15.9 Å². The van der Waals surface area contributed by atoms with Crippen LogP contribution in [0.15, 0.2) is 51.8 Å². The van der Waals surface area contributed by atoms with E-state index in [9.17, 15) is 4.79 Å². The van der Waals surface area contributed by atoms with Crippen LogP contribution in [0, 0.1) is 0 Å². The lowest BCUT2D eigenvalue weighted by Gasteiger charge is -2.04. The number of esters is 1. The number of aromatic nitrogens is 1. The van der Waals surface area contributed by atoms with Crippen LogP contribution in [0.3, 0.4) is 0 Å². The van der Waals surface area contributed by atoms with E-state index in [0.29, 0.717) is 5.56 Å². The molecule has 0 atom stereocenters. The second-order valence-electron chi connectivity index (χ2n) is 4.25. The second kappa shape index (κ2) is 5.73. The standard InChI is InChI=1S/C15H10BrNO2S/c16-14-6-10(9-20-14)8-19-15(18)12-3-4-13-11(7-12)2-1-5-17-13/h1-7,9H,8H2. The molecule has 3 rings (SSSR count). The van der Waals surface area contributed by atoms with E-state index in [-0.39, 0.29) is 12.6 Å². The maximum atomic E-state index is 12.0. The molecule has 0 saturated heterocycles. The summed E-state index contributed by atoms with van der Waals surface area (Å²) in [7, 11) is 0. The minimum atomic E-state index is -0.321. The zero-order chi connectivity index (χ0) is 13.9. The fraction of sp³-hybridized carbons (Fsp3) is 0.0667. The molecule has 20 heavy (non-hydrogen) atoms. The molecule has 0 unspecified atom stereocenters. The van der Waals surface area contributed by atoms with Crippen molar-refractivity contribution in [2.24, 2.45) is 0 Å². The number of rotatable bonds is 3. The zero-order valence-electron chi connectivity index (χ0n) is 10.4. The van der Waals surface area contributed by atoms with Gasteiger partial charge in [-0.2, -0.15) is 0 Å². The van der Waals surface area contributed by atoms with Crippen LogP contribution in [0.4, 0.5) is 0 Å². The van der Waals surface area contributed by atoms with Crippen LogP contribution in [0.5, 0.6) is 0 Å². The Bertz CT molecular complexity index is 769. The summed E-state index contributed by atoms with van der Waals surface area (Å²) in [4.78, 5) is 16.2. The minimum Gasteiger partial charge on any atom is -0.457 e. The van der Waals surface area contributed by atoms with Gasteiger partial charge >= 0.3 is 5.97 Å². The molecule has 0 fully saturated rings. The normalized spacial score (nSPS) is 10.7. The Hall–Kier alpha value is -1.72. The molecule has 5 heteroatoms. The van der Waals surface area contributed by atoms with Gasteiger partial charge in [0.15, 0.2) is 0 Å². The number of thiophene rings is 1. The first-order valence-corrected chi connectivity index (χ1v) is 7.64. The molecule has 0 spiro atoms. The van der Waals surface area contributed by atoms with Crippen LogP contribution in [-0.4, -0.2) is 11.0 Å².